The average Bonchev–Trinajstić information content (AvgIpc) is 3.18. The normalized spacial score (nSPS) is 12.1. The van der Waals surface area contributed by atoms with Crippen molar-refractivity contribution < 1.29 is 27.5 Å². The third-order valence-corrected chi connectivity index (χ3v) is 4.85. The molecule has 1 unspecified atom stereocenters. The molecule has 0 bridgehead atoms. The number of rotatable bonds is 8. The highest BCUT2D eigenvalue weighted by Gasteiger charge is 2.25. The van der Waals surface area contributed by atoms with Crippen LogP contribution in [0.5, 0.6) is 5.75 Å². The van der Waals surface area contributed by atoms with Crippen molar-refractivity contribution >= 4 is 27.5 Å². The standard InChI is InChI=1S/C21H21N3O6S/c1-14(20(25)15-9-11-16(12-10-15)23-31(3,27)28)30-21(26)19-18(29-2)13-24(22-19)17-7-5-4-6-8-17/h4-14,23H,1-3H3. The first-order chi connectivity index (χ1) is 14.7. The van der Waals surface area contributed by atoms with Gasteiger partial charge in [-0.15, -0.1) is 0 Å². The molecule has 3 rings (SSSR count). The Bertz CT molecular complexity index is 1190. The number of methoxy groups -OCH3 is 1. The van der Waals surface area contributed by atoms with E-state index in [1.165, 1.54) is 43.0 Å². The van der Waals surface area contributed by atoms with Crippen LogP contribution >= 0.6 is 0 Å². The van der Waals surface area contributed by atoms with Crippen LogP contribution in [0.3, 0.4) is 0 Å². The van der Waals surface area contributed by atoms with Gasteiger partial charge in [-0.3, -0.25) is 9.52 Å². The van der Waals surface area contributed by atoms with Gasteiger partial charge in [-0.1, -0.05) is 18.2 Å². The second-order valence-corrected chi connectivity index (χ2v) is 8.44. The molecule has 0 aliphatic carbocycles. The van der Waals surface area contributed by atoms with Gasteiger partial charge >= 0.3 is 5.97 Å². The number of nitrogens with one attached hydrogen (secondary N) is 1. The summed E-state index contributed by atoms with van der Waals surface area (Å²) in [6, 6.07) is 15.0. The SMILES string of the molecule is COc1cn(-c2ccccc2)nc1C(=O)OC(C)C(=O)c1ccc(NS(C)(=O)=O)cc1. The van der Waals surface area contributed by atoms with Crippen LogP contribution in [-0.2, 0) is 14.8 Å². The van der Waals surface area contributed by atoms with Gasteiger partial charge in [-0.2, -0.15) is 5.10 Å². The van der Waals surface area contributed by atoms with Crippen LogP contribution in [0.4, 0.5) is 5.69 Å². The number of anilines is 1. The molecule has 1 atom stereocenters. The van der Waals surface area contributed by atoms with Gasteiger partial charge in [0.25, 0.3) is 0 Å². The van der Waals surface area contributed by atoms with Crippen LogP contribution in [-0.4, -0.2) is 49.4 Å². The van der Waals surface area contributed by atoms with Crippen molar-refractivity contribution in [3.8, 4) is 11.4 Å². The van der Waals surface area contributed by atoms with Gasteiger partial charge in [0.2, 0.25) is 21.5 Å². The number of ketones is 1. The number of hydrogen-bond acceptors (Lipinski definition) is 7. The van der Waals surface area contributed by atoms with Crippen LogP contribution in [0.1, 0.15) is 27.8 Å². The van der Waals surface area contributed by atoms with E-state index >= 15 is 0 Å². The molecule has 0 aliphatic heterocycles. The first-order valence-electron chi connectivity index (χ1n) is 9.20. The Morgan fingerprint density at radius 3 is 2.29 bits per heavy atom. The smallest absolute Gasteiger partial charge is 0.363 e. The number of aromatic nitrogens is 2. The third kappa shape index (κ3) is 5.48. The minimum absolute atomic E-state index is 0.0568. The fraction of sp³-hybridized carbons (Fsp3) is 0.190. The Morgan fingerprint density at radius 2 is 1.71 bits per heavy atom. The predicted octanol–water partition coefficient (Wildman–Crippen LogP) is 2.68. The number of sulfonamides is 1. The largest absolute Gasteiger partial charge is 0.493 e. The molecule has 1 aromatic heterocycles. The van der Waals surface area contributed by atoms with E-state index in [1.54, 1.807) is 6.20 Å². The van der Waals surface area contributed by atoms with E-state index in [-0.39, 0.29) is 17.0 Å². The lowest BCUT2D eigenvalue weighted by molar-refractivity contribution is 0.0310. The molecule has 1 heterocycles. The highest BCUT2D eigenvalue weighted by Crippen LogP contribution is 2.21. The van der Waals surface area contributed by atoms with E-state index in [4.69, 9.17) is 9.47 Å². The molecule has 0 saturated heterocycles. The maximum atomic E-state index is 12.6. The van der Waals surface area contributed by atoms with Crippen LogP contribution in [0.2, 0.25) is 0 Å². The van der Waals surface area contributed by atoms with Crippen molar-refractivity contribution in [3.63, 3.8) is 0 Å². The molecule has 9 nitrogen and oxygen atoms in total. The van der Waals surface area contributed by atoms with E-state index in [0.717, 1.165) is 11.9 Å². The molecule has 162 valence electrons. The predicted molar refractivity (Wildman–Crippen MR) is 114 cm³/mol. The number of ether oxygens (including phenoxy) is 2. The second kappa shape index (κ2) is 9.00. The van der Waals surface area contributed by atoms with E-state index in [0.29, 0.717) is 5.69 Å². The molecule has 0 spiro atoms. The highest BCUT2D eigenvalue weighted by atomic mass is 32.2. The monoisotopic (exact) mass is 443 g/mol. The Hall–Kier alpha value is -3.66. The Labute approximate surface area is 179 Å². The molecule has 0 fully saturated rings. The summed E-state index contributed by atoms with van der Waals surface area (Å²) in [5, 5.41) is 4.22. The van der Waals surface area contributed by atoms with Crippen LogP contribution in [0.25, 0.3) is 5.69 Å². The summed E-state index contributed by atoms with van der Waals surface area (Å²) in [6.45, 7) is 1.45. The van der Waals surface area contributed by atoms with Crippen LogP contribution in [0, 0.1) is 0 Å². The van der Waals surface area contributed by atoms with Gasteiger partial charge < -0.3 is 9.47 Å². The number of esters is 1. The minimum Gasteiger partial charge on any atom is -0.493 e. The number of hydrogen-bond donors (Lipinski definition) is 1. The topological polar surface area (TPSA) is 117 Å². The van der Waals surface area contributed by atoms with Gasteiger partial charge in [0, 0.05) is 11.3 Å². The summed E-state index contributed by atoms with van der Waals surface area (Å²) in [4.78, 5) is 25.2. The molecule has 10 heteroatoms. The van der Waals surface area contributed by atoms with Gasteiger partial charge in [-0.25, -0.2) is 17.9 Å². The molecule has 3 aromatic rings. The number of carbonyl (C=O) groups is 2. The summed E-state index contributed by atoms with van der Waals surface area (Å²) >= 11 is 0. The Morgan fingerprint density at radius 1 is 1.06 bits per heavy atom. The van der Waals surface area contributed by atoms with E-state index in [2.05, 4.69) is 9.82 Å². The molecular weight excluding hydrogens is 422 g/mol. The Kier molecular flexibility index (Phi) is 6.40. The first kappa shape index (κ1) is 22.0. The molecule has 0 radical (unpaired) electrons. The van der Waals surface area contributed by atoms with Crippen LogP contribution < -0.4 is 9.46 Å². The van der Waals surface area contributed by atoms with Gasteiger partial charge in [0.05, 0.1) is 25.2 Å². The lowest BCUT2D eigenvalue weighted by atomic mass is 10.1. The van der Waals surface area contributed by atoms with Crippen molar-refractivity contribution in [2.45, 2.75) is 13.0 Å². The van der Waals surface area contributed by atoms with Crippen molar-refractivity contribution in [2.75, 3.05) is 18.1 Å². The average molecular weight is 443 g/mol. The fourth-order valence-electron chi connectivity index (χ4n) is 2.78. The maximum absolute atomic E-state index is 12.6. The Balaban J connectivity index is 1.73. The van der Waals surface area contributed by atoms with E-state index in [1.807, 2.05) is 30.3 Å². The summed E-state index contributed by atoms with van der Waals surface area (Å²) in [7, 11) is -2.02. The van der Waals surface area contributed by atoms with Crippen LogP contribution in [0.15, 0.2) is 60.8 Å². The molecule has 1 N–H and O–H groups in total. The van der Waals surface area contributed by atoms with Crippen molar-refractivity contribution in [1.29, 1.82) is 0 Å². The number of Topliss-reactive ketones (excluding diaryl/α,β-unsaturated/α-hetero) is 1. The van der Waals surface area contributed by atoms with E-state index < -0.39 is 27.9 Å². The van der Waals surface area contributed by atoms with Gasteiger partial charge in [-0.05, 0) is 43.3 Å². The maximum Gasteiger partial charge on any atom is 0.363 e. The number of nitrogens with zero attached hydrogens (tertiary/aromatic N) is 2. The zero-order chi connectivity index (χ0) is 22.6. The summed E-state index contributed by atoms with van der Waals surface area (Å²) in [5.41, 5.74) is 1.26. The van der Waals surface area contributed by atoms with E-state index in [9.17, 15) is 18.0 Å². The molecule has 31 heavy (non-hydrogen) atoms. The number of para-hydroxylation sites is 1. The molecule has 0 aliphatic rings. The van der Waals surface area contributed by atoms with Crippen molar-refractivity contribution in [2.24, 2.45) is 0 Å². The third-order valence-electron chi connectivity index (χ3n) is 4.24. The molecule has 0 amide bonds. The fourth-order valence-corrected chi connectivity index (χ4v) is 3.35. The second-order valence-electron chi connectivity index (χ2n) is 6.69. The zero-order valence-corrected chi connectivity index (χ0v) is 17.9. The first-order valence-corrected chi connectivity index (χ1v) is 11.1. The lowest BCUT2D eigenvalue weighted by Gasteiger charge is -2.12. The molecular formula is C21H21N3O6S. The molecule has 2 aromatic carbocycles. The summed E-state index contributed by atoms with van der Waals surface area (Å²) in [5.74, 6) is -1.03. The van der Waals surface area contributed by atoms with Crippen molar-refractivity contribution in [3.05, 3.63) is 72.1 Å². The van der Waals surface area contributed by atoms with Crippen molar-refractivity contribution in [1.82, 2.24) is 9.78 Å². The summed E-state index contributed by atoms with van der Waals surface area (Å²) in [6.07, 6.45) is 1.49. The zero-order valence-electron chi connectivity index (χ0n) is 17.1. The highest BCUT2D eigenvalue weighted by molar-refractivity contribution is 7.92. The number of benzene rings is 2. The van der Waals surface area contributed by atoms with Gasteiger partial charge in [0.1, 0.15) is 0 Å². The minimum atomic E-state index is -3.42. The van der Waals surface area contributed by atoms with Gasteiger partial charge in [0.15, 0.2) is 11.9 Å². The summed E-state index contributed by atoms with van der Waals surface area (Å²) < 4.78 is 36.9. The molecule has 0 saturated carbocycles. The number of carbonyl (C=O) groups excluding carboxylic acids is 2. The lowest BCUT2D eigenvalue weighted by Crippen LogP contribution is -2.25. The quantitative estimate of drug-likeness (QED) is 0.420.